The number of nitrogens with zero attached hydrogens (tertiary/aromatic N) is 1. The first-order valence-electron chi connectivity index (χ1n) is 12.5. The number of nitrogens with one attached hydrogen (secondary N) is 1. The maximum Gasteiger partial charge on any atom is 0.333 e. The van der Waals surface area contributed by atoms with Gasteiger partial charge in [0.15, 0.2) is 11.5 Å². The van der Waals surface area contributed by atoms with Crippen LogP contribution in [0, 0.1) is 11.8 Å². The van der Waals surface area contributed by atoms with Crippen LogP contribution in [0.25, 0.3) is 12.2 Å². The van der Waals surface area contributed by atoms with E-state index in [4.69, 9.17) is 14.2 Å². The largest absolute Gasteiger partial charge is 0.493 e. The van der Waals surface area contributed by atoms with Crippen molar-refractivity contribution in [2.45, 2.75) is 59.5 Å². The van der Waals surface area contributed by atoms with E-state index in [0.717, 1.165) is 36.2 Å². The number of rotatable bonds is 9. The third-order valence-electron chi connectivity index (χ3n) is 6.60. The second kappa shape index (κ2) is 12.8. The molecule has 1 aromatic heterocycles. The van der Waals surface area contributed by atoms with Crippen LogP contribution in [0.3, 0.4) is 0 Å². The van der Waals surface area contributed by atoms with Crippen molar-refractivity contribution in [3.63, 3.8) is 0 Å². The predicted molar refractivity (Wildman–Crippen MR) is 141 cm³/mol. The summed E-state index contributed by atoms with van der Waals surface area (Å²) >= 11 is 1.14. The normalized spacial score (nSPS) is 20.8. The molecule has 1 heterocycles. The minimum Gasteiger partial charge on any atom is -0.493 e. The Balaban J connectivity index is 1.98. The first-order chi connectivity index (χ1) is 17.3. The number of benzene rings is 1. The van der Waals surface area contributed by atoms with Crippen molar-refractivity contribution in [1.29, 1.82) is 0 Å². The number of carbonyl (C=O) groups excluding carboxylic acids is 2. The lowest BCUT2D eigenvalue weighted by Crippen LogP contribution is -2.46. The quantitative estimate of drug-likeness (QED) is 0.515. The van der Waals surface area contributed by atoms with Crippen molar-refractivity contribution in [3.8, 4) is 11.5 Å². The molecule has 0 saturated heterocycles. The van der Waals surface area contributed by atoms with Gasteiger partial charge in [-0.1, -0.05) is 32.8 Å². The molecule has 1 saturated carbocycles. The topological polar surface area (TPSA) is 95.9 Å². The molecule has 3 rings (SSSR count). The molecule has 1 fully saturated rings. The van der Waals surface area contributed by atoms with E-state index >= 15 is 0 Å². The van der Waals surface area contributed by atoms with Crippen molar-refractivity contribution in [3.05, 3.63) is 43.3 Å². The molecule has 1 aromatic carbocycles. The Labute approximate surface area is 215 Å². The number of thiazole rings is 1. The van der Waals surface area contributed by atoms with Gasteiger partial charge < -0.3 is 19.5 Å². The van der Waals surface area contributed by atoms with Crippen LogP contribution in [0.4, 0.5) is 0 Å². The monoisotopic (exact) mass is 516 g/mol. The van der Waals surface area contributed by atoms with Gasteiger partial charge in [-0.3, -0.25) is 14.2 Å². The first kappa shape index (κ1) is 27.5. The lowest BCUT2D eigenvalue weighted by Gasteiger charge is -2.34. The standard InChI is InChI=1S/C27H36N2O6S/c1-6-34-22-13-19(11-12-21(22)33-5)14-23-27(32)29(25(36-23)15-26(31)35-7-2)16-24(30)28-20-10-8-9-17(3)18(20)4/h11-15,17-18,20H,6-10,16H2,1-5H3,(H,28,30)/b23-14-,25-15-/t17-,18+,20+/m1/s1. The molecule has 0 unspecified atom stereocenters. The summed E-state index contributed by atoms with van der Waals surface area (Å²) in [4.78, 5) is 38.5. The van der Waals surface area contributed by atoms with Gasteiger partial charge in [-0.05, 0) is 55.9 Å². The smallest absolute Gasteiger partial charge is 0.333 e. The van der Waals surface area contributed by atoms with Gasteiger partial charge in [-0.25, -0.2) is 4.79 Å². The molecule has 9 heteroatoms. The number of hydrogen-bond donors (Lipinski definition) is 1. The average Bonchev–Trinajstić information content (AvgIpc) is 3.11. The summed E-state index contributed by atoms with van der Waals surface area (Å²) in [5.74, 6) is 1.26. The summed E-state index contributed by atoms with van der Waals surface area (Å²) in [5.41, 5.74) is 0.395. The molecule has 0 aliphatic heterocycles. The van der Waals surface area contributed by atoms with E-state index < -0.39 is 5.97 Å². The minimum atomic E-state index is -0.558. The molecule has 1 aliphatic rings. The minimum absolute atomic E-state index is 0.0791. The highest BCUT2D eigenvalue weighted by molar-refractivity contribution is 7.07. The van der Waals surface area contributed by atoms with Gasteiger partial charge in [0.1, 0.15) is 11.2 Å². The van der Waals surface area contributed by atoms with Crippen molar-refractivity contribution in [1.82, 2.24) is 9.88 Å². The predicted octanol–water partition coefficient (Wildman–Crippen LogP) is 2.43. The van der Waals surface area contributed by atoms with Crippen molar-refractivity contribution in [2.75, 3.05) is 20.3 Å². The zero-order chi connectivity index (χ0) is 26.2. The fourth-order valence-electron chi connectivity index (χ4n) is 4.46. The van der Waals surface area contributed by atoms with Crippen LogP contribution in [0.5, 0.6) is 11.5 Å². The molecule has 0 radical (unpaired) electrons. The summed E-state index contributed by atoms with van der Waals surface area (Å²) in [5, 5.41) is 3.11. The molecular weight excluding hydrogens is 480 g/mol. The Morgan fingerprint density at radius 3 is 2.64 bits per heavy atom. The van der Waals surface area contributed by atoms with Crippen molar-refractivity contribution < 1.29 is 23.8 Å². The molecule has 0 bridgehead atoms. The summed E-state index contributed by atoms with van der Waals surface area (Å²) < 4.78 is 18.1. The van der Waals surface area contributed by atoms with Crippen LogP contribution >= 0.6 is 11.3 Å². The molecule has 1 aliphatic carbocycles. The molecule has 196 valence electrons. The summed E-state index contributed by atoms with van der Waals surface area (Å²) in [6.45, 7) is 8.47. The second-order valence-electron chi connectivity index (χ2n) is 9.02. The molecule has 0 spiro atoms. The molecule has 2 aromatic rings. The Morgan fingerprint density at radius 1 is 1.17 bits per heavy atom. The maximum absolute atomic E-state index is 13.3. The zero-order valence-electron chi connectivity index (χ0n) is 21.7. The highest BCUT2D eigenvalue weighted by atomic mass is 32.1. The van der Waals surface area contributed by atoms with E-state index in [1.54, 1.807) is 32.2 Å². The number of aromatic nitrogens is 1. The van der Waals surface area contributed by atoms with Gasteiger partial charge in [-0.2, -0.15) is 0 Å². The van der Waals surface area contributed by atoms with E-state index in [1.807, 2.05) is 13.0 Å². The van der Waals surface area contributed by atoms with E-state index in [0.29, 0.717) is 39.1 Å². The lowest BCUT2D eigenvalue weighted by molar-refractivity contribution is -0.135. The zero-order valence-corrected chi connectivity index (χ0v) is 22.5. The third kappa shape index (κ3) is 6.78. The van der Waals surface area contributed by atoms with E-state index in [9.17, 15) is 14.4 Å². The van der Waals surface area contributed by atoms with Crippen LogP contribution in [-0.4, -0.2) is 42.8 Å². The van der Waals surface area contributed by atoms with Gasteiger partial charge in [0, 0.05) is 6.04 Å². The maximum atomic E-state index is 13.3. The average molecular weight is 517 g/mol. The van der Waals surface area contributed by atoms with Crippen LogP contribution in [0.1, 0.15) is 52.5 Å². The Bertz CT molecular complexity index is 1250. The number of ether oxygens (including phenoxy) is 3. The Morgan fingerprint density at radius 2 is 1.94 bits per heavy atom. The van der Waals surface area contributed by atoms with Gasteiger partial charge in [0.25, 0.3) is 5.56 Å². The van der Waals surface area contributed by atoms with Crippen LogP contribution in [0.15, 0.2) is 23.0 Å². The Hall–Kier alpha value is -3.07. The highest BCUT2D eigenvalue weighted by Crippen LogP contribution is 2.29. The highest BCUT2D eigenvalue weighted by Gasteiger charge is 2.28. The fraction of sp³-hybridized carbons (Fsp3) is 0.519. The van der Waals surface area contributed by atoms with Crippen LogP contribution in [-0.2, 0) is 20.9 Å². The van der Waals surface area contributed by atoms with Crippen molar-refractivity contribution in [2.24, 2.45) is 11.8 Å². The second-order valence-corrected chi connectivity index (χ2v) is 10.1. The fourth-order valence-corrected chi connectivity index (χ4v) is 5.49. The van der Waals surface area contributed by atoms with Gasteiger partial charge in [0.2, 0.25) is 5.91 Å². The summed E-state index contributed by atoms with van der Waals surface area (Å²) in [6.07, 6.45) is 6.14. The third-order valence-corrected chi connectivity index (χ3v) is 7.66. The molecule has 36 heavy (non-hydrogen) atoms. The summed E-state index contributed by atoms with van der Waals surface area (Å²) in [6, 6.07) is 5.46. The molecule has 1 amide bonds. The number of esters is 1. The molecular formula is C27H36N2O6S. The molecule has 8 nitrogen and oxygen atoms in total. The van der Waals surface area contributed by atoms with Gasteiger partial charge in [0.05, 0.1) is 30.9 Å². The lowest BCUT2D eigenvalue weighted by atomic mass is 9.78. The summed E-state index contributed by atoms with van der Waals surface area (Å²) in [7, 11) is 1.57. The van der Waals surface area contributed by atoms with Gasteiger partial charge in [-0.15, -0.1) is 11.3 Å². The number of amides is 1. The van der Waals surface area contributed by atoms with Gasteiger partial charge >= 0.3 is 5.97 Å². The Kier molecular flexibility index (Phi) is 9.75. The molecule has 1 N–H and O–H groups in total. The van der Waals surface area contributed by atoms with E-state index in [-0.39, 0.29) is 30.7 Å². The number of methoxy groups -OCH3 is 1. The van der Waals surface area contributed by atoms with E-state index in [1.165, 1.54) is 10.6 Å². The van der Waals surface area contributed by atoms with Crippen LogP contribution in [0.2, 0.25) is 0 Å². The number of hydrogen-bond acceptors (Lipinski definition) is 7. The first-order valence-corrected chi connectivity index (χ1v) is 13.3. The molecule has 3 atom stereocenters. The SMILES string of the molecule is CCOC(=O)/C=c1\s/c(=C\c2ccc(OC)c(OCC)c2)c(=O)n1CC(=O)N[C@H]1CCC[C@@H](C)[C@@H]1C. The number of carbonyl (C=O) groups is 2. The van der Waals surface area contributed by atoms with E-state index in [2.05, 4.69) is 19.2 Å². The van der Waals surface area contributed by atoms with Crippen molar-refractivity contribution >= 4 is 35.4 Å². The van der Waals surface area contributed by atoms with Crippen LogP contribution < -0.4 is 29.5 Å².